The molecule has 0 bridgehead atoms. The molecule has 0 amide bonds. The van der Waals surface area contributed by atoms with Gasteiger partial charge < -0.3 is 4.57 Å². The van der Waals surface area contributed by atoms with E-state index in [1.54, 1.807) is 18.2 Å². The molecule has 0 spiro atoms. The molecule has 0 saturated carbocycles. The van der Waals surface area contributed by atoms with E-state index >= 15 is 0 Å². The van der Waals surface area contributed by atoms with Crippen LogP contribution in [0.1, 0.15) is 0 Å². The summed E-state index contributed by atoms with van der Waals surface area (Å²) in [4.78, 5) is 16.0. The lowest BCUT2D eigenvalue weighted by Gasteiger charge is -2.08. The van der Waals surface area contributed by atoms with Crippen LogP contribution in [-0.4, -0.2) is 14.5 Å². The number of hydrogen-bond acceptors (Lipinski definition) is 3. The van der Waals surface area contributed by atoms with E-state index in [0.717, 1.165) is 32.6 Å². The van der Waals surface area contributed by atoms with Gasteiger partial charge in [0.1, 0.15) is 5.82 Å². The predicted octanol–water partition coefficient (Wildman–Crippen LogP) is 5.45. The van der Waals surface area contributed by atoms with Crippen LogP contribution >= 0.6 is 0 Å². The van der Waals surface area contributed by atoms with E-state index in [4.69, 9.17) is 4.98 Å². The largest absolute Gasteiger partial charge is 0.326 e. The molecular weight excluding hydrogens is 338 g/mol. The first-order valence-corrected chi connectivity index (χ1v) is 8.66. The molecule has 0 unspecified atom stereocenters. The zero-order valence-electron chi connectivity index (χ0n) is 14.6. The van der Waals surface area contributed by atoms with Crippen LogP contribution in [0.25, 0.3) is 44.0 Å². The first-order chi connectivity index (χ1) is 13.2. The molecule has 0 N–H and O–H groups in total. The van der Waals surface area contributed by atoms with Crippen molar-refractivity contribution in [3.8, 4) is 11.4 Å². The lowest BCUT2D eigenvalue weighted by molar-refractivity contribution is -0.384. The molecule has 1 heterocycles. The molecule has 0 atom stereocenters. The van der Waals surface area contributed by atoms with Crippen molar-refractivity contribution in [3.05, 3.63) is 82.9 Å². The highest BCUT2D eigenvalue weighted by Crippen LogP contribution is 2.38. The topological polar surface area (TPSA) is 61.0 Å². The van der Waals surface area contributed by atoms with Crippen LogP contribution in [0.5, 0.6) is 0 Å². The molecule has 0 aliphatic carbocycles. The molecule has 1 aromatic heterocycles. The molecular formula is C22H15N3O2. The molecule has 0 radical (unpaired) electrons. The average Bonchev–Trinajstić information content (AvgIpc) is 3.06. The van der Waals surface area contributed by atoms with Crippen molar-refractivity contribution in [2.45, 2.75) is 0 Å². The molecule has 0 saturated heterocycles. The van der Waals surface area contributed by atoms with E-state index in [9.17, 15) is 10.1 Å². The SMILES string of the molecule is Cn1c(-c2ccccc2[N+](=O)[O-])nc2c3ccccc3c3ccccc3c21. The third kappa shape index (κ3) is 2.15. The van der Waals surface area contributed by atoms with Crippen LogP contribution in [0.2, 0.25) is 0 Å². The standard InChI is InChI=1S/C22H15N3O2/c1-24-21-17-11-5-3-9-15(17)14-8-2-4-10-16(14)20(21)23-22(24)18-12-6-7-13-19(18)25(26)27/h2-13H,1H3. The Bertz CT molecular complexity index is 1370. The Morgan fingerprint density at radius 2 is 1.37 bits per heavy atom. The van der Waals surface area contributed by atoms with Crippen molar-refractivity contribution in [2.75, 3.05) is 0 Å². The first-order valence-electron chi connectivity index (χ1n) is 8.66. The van der Waals surface area contributed by atoms with Gasteiger partial charge in [-0.1, -0.05) is 60.7 Å². The summed E-state index contributed by atoms with van der Waals surface area (Å²) in [5.74, 6) is 0.596. The summed E-state index contributed by atoms with van der Waals surface area (Å²) in [6.45, 7) is 0. The summed E-state index contributed by atoms with van der Waals surface area (Å²) < 4.78 is 1.96. The van der Waals surface area contributed by atoms with Crippen LogP contribution in [-0.2, 0) is 7.05 Å². The molecule has 4 aromatic carbocycles. The van der Waals surface area contributed by atoms with Gasteiger partial charge in [-0.3, -0.25) is 10.1 Å². The van der Waals surface area contributed by atoms with Crippen molar-refractivity contribution in [2.24, 2.45) is 7.05 Å². The Labute approximate surface area is 154 Å². The molecule has 0 aliphatic rings. The number of nitro benzene ring substituents is 1. The van der Waals surface area contributed by atoms with Crippen LogP contribution in [0.4, 0.5) is 5.69 Å². The number of rotatable bonds is 2. The third-order valence-corrected chi connectivity index (χ3v) is 5.09. The Balaban J connectivity index is 1.99. The Kier molecular flexibility index (Phi) is 3.24. The summed E-state index contributed by atoms with van der Waals surface area (Å²) in [6.07, 6.45) is 0. The zero-order valence-corrected chi connectivity index (χ0v) is 14.6. The maximum Gasteiger partial charge on any atom is 0.280 e. The number of para-hydroxylation sites is 1. The smallest absolute Gasteiger partial charge is 0.280 e. The maximum atomic E-state index is 11.5. The summed E-state index contributed by atoms with van der Waals surface area (Å²) in [7, 11) is 1.92. The van der Waals surface area contributed by atoms with Crippen LogP contribution < -0.4 is 0 Å². The summed E-state index contributed by atoms with van der Waals surface area (Å²) in [5, 5.41) is 15.9. The van der Waals surface area contributed by atoms with Crippen LogP contribution in [0.3, 0.4) is 0 Å². The second-order valence-electron chi connectivity index (χ2n) is 6.56. The van der Waals surface area contributed by atoms with Gasteiger partial charge in [-0.15, -0.1) is 0 Å². The number of aryl methyl sites for hydroxylation is 1. The van der Waals surface area contributed by atoms with Gasteiger partial charge in [-0.25, -0.2) is 4.98 Å². The predicted molar refractivity (Wildman–Crippen MR) is 108 cm³/mol. The number of imidazole rings is 1. The van der Waals surface area contributed by atoms with Gasteiger partial charge in [0.25, 0.3) is 5.69 Å². The maximum absolute atomic E-state index is 11.5. The minimum absolute atomic E-state index is 0.0597. The lowest BCUT2D eigenvalue weighted by Crippen LogP contribution is -1.97. The van der Waals surface area contributed by atoms with E-state index < -0.39 is 0 Å². The summed E-state index contributed by atoms with van der Waals surface area (Å²) in [5.41, 5.74) is 2.43. The number of fused-ring (bicyclic) bond motifs is 6. The highest BCUT2D eigenvalue weighted by molar-refractivity contribution is 6.23. The van der Waals surface area contributed by atoms with Gasteiger partial charge >= 0.3 is 0 Å². The first kappa shape index (κ1) is 15.5. The molecule has 5 rings (SSSR count). The molecule has 5 aromatic rings. The third-order valence-electron chi connectivity index (χ3n) is 5.09. The van der Waals surface area contributed by atoms with E-state index in [1.807, 2.05) is 35.9 Å². The Morgan fingerprint density at radius 1 is 0.815 bits per heavy atom. The number of hydrogen-bond donors (Lipinski definition) is 0. The van der Waals surface area contributed by atoms with E-state index in [2.05, 4.69) is 24.3 Å². The van der Waals surface area contributed by atoms with Crippen molar-refractivity contribution in [1.29, 1.82) is 0 Å². The molecule has 0 aliphatic heterocycles. The molecule has 5 heteroatoms. The highest BCUT2D eigenvalue weighted by Gasteiger charge is 2.21. The van der Waals surface area contributed by atoms with Gasteiger partial charge in [0.05, 0.1) is 21.5 Å². The van der Waals surface area contributed by atoms with Gasteiger partial charge in [-0.05, 0) is 16.8 Å². The lowest BCUT2D eigenvalue weighted by atomic mass is 10.00. The van der Waals surface area contributed by atoms with Gasteiger partial charge in [-0.2, -0.15) is 0 Å². The van der Waals surface area contributed by atoms with E-state index in [-0.39, 0.29) is 10.6 Å². The normalized spacial score (nSPS) is 11.4. The van der Waals surface area contributed by atoms with Gasteiger partial charge in [0.2, 0.25) is 0 Å². The fraction of sp³-hybridized carbons (Fsp3) is 0.0455. The zero-order chi connectivity index (χ0) is 18.5. The van der Waals surface area contributed by atoms with E-state index in [0.29, 0.717) is 11.4 Å². The molecule has 27 heavy (non-hydrogen) atoms. The van der Waals surface area contributed by atoms with Gasteiger partial charge in [0.15, 0.2) is 0 Å². The Morgan fingerprint density at radius 3 is 2.07 bits per heavy atom. The fourth-order valence-corrected chi connectivity index (χ4v) is 3.91. The number of aromatic nitrogens is 2. The minimum atomic E-state index is -0.356. The minimum Gasteiger partial charge on any atom is -0.326 e. The second-order valence-corrected chi connectivity index (χ2v) is 6.56. The van der Waals surface area contributed by atoms with Crippen molar-refractivity contribution in [3.63, 3.8) is 0 Å². The summed E-state index contributed by atoms with van der Waals surface area (Å²) in [6, 6.07) is 23.1. The second kappa shape index (κ2) is 5.64. The number of benzene rings is 4. The monoisotopic (exact) mass is 353 g/mol. The van der Waals surface area contributed by atoms with Crippen LogP contribution in [0.15, 0.2) is 72.8 Å². The molecule has 5 nitrogen and oxygen atoms in total. The van der Waals surface area contributed by atoms with E-state index in [1.165, 1.54) is 6.07 Å². The Hall–Kier alpha value is -3.73. The quantitative estimate of drug-likeness (QED) is 0.241. The highest BCUT2D eigenvalue weighted by atomic mass is 16.6. The van der Waals surface area contributed by atoms with Crippen molar-refractivity contribution >= 4 is 38.3 Å². The van der Waals surface area contributed by atoms with Crippen LogP contribution in [0, 0.1) is 10.1 Å². The number of nitro groups is 1. The average molecular weight is 353 g/mol. The molecule has 0 fully saturated rings. The summed E-state index contributed by atoms with van der Waals surface area (Å²) >= 11 is 0. The number of nitrogens with zero attached hydrogens (tertiary/aromatic N) is 3. The van der Waals surface area contributed by atoms with Gasteiger partial charge in [0, 0.05) is 23.9 Å². The molecule has 130 valence electrons. The van der Waals surface area contributed by atoms with Crippen molar-refractivity contribution < 1.29 is 4.92 Å². The van der Waals surface area contributed by atoms with Crippen molar-refractivity contribution in [1.82, 2.24) is 9.55 Å². The fourth-order valence-electron chi connectivity index (χ4n) is 3.91.